The first-order valence-electron chi connectivity index (χ1n) is 10.4. The molecule has 2 aliphatic rings. The number of hydrogen-bond acceptors (Lipinski definition) is 2. The summed E-state index contributed by atoms with van der Waals surface area (Å²) in [5, 5.41) is 10.7. The number of piperidine rings is 1. The minimum Gasteiger partial charge on any atom is -0.508 e. The molecule has 1 aliphatic heterocycles. The molecule has 144 valence electrons. The number of amides is 1. The number of aromatic amines is 1. The Bertz CT molecular complexity index is 1010. The molecule has 5 rings (SSSR count). The molecule has 0 atom stereocenters. The van der Waals surface area contributed by atoms with Crippen molar-refractivity contribution < 1.29 is 9.90 Å². The van der Waals surface area contributed by atoms with E-state index < -0.39 is 0 Å². The molecule has 2 heterocycles. The Morgan fingerprint density at radius 3 is 2.54 bits per heavy atom. The molecular formula is C24H26N2O2. The van der Waals surface area contributed by atoms with Crippen LogP contribution in [0.25, 0.3) is 10.9 Å². The Labute approximate surface area is 165 Å². The summed E-state index contributed by atoms with van der Waals surface area (Å²) >= 11 is 0. The fraction of sp³-hybridized carbons (Fsp3) is 0.375. The smallest absolute Gasteiger partial charge is 0.253 e. The van der Waals surface area contributed by atoms with Gasteiger partial charge in [-0.25, -0.2) is 0 Å². The number of phenolic OH excluding ortho intramolecular Hbond substituents is 1. The first kappa shape index (κ1) is 17.4. The molecule has 0 radical (unpaired) electrons. The number of hydrogen-bond donors (Lipinski definition) is 2. The van der Waals surface area contributed by atoms with Crippen LogP contribution in [0, 0.1) is 0 Å². The SMILES string of the molecule is O=C(c1ccc2[nH]c3c(c2c1)CCCC3)N1CCC(c2ccc(O)cc2)CC1. The third kappa shape index (κ3) is 3.07. The van der Waals surface area contributed by atoms with Gasteiger partial charge in [0.2, 0.25) is 0 Å². The number of aromatic nitrogens is 1. The highest BCUT2D eigenvalue weighted by Crippen LogP contribution is 2.32. The standard InChI is InChI=1S/C24H26N2O2/c27-19-8-5-16(6-9-19)17-11-13-26(14-12-17)24(28)18-7-10-23-21(15-18)20-3-1-2-4-22(20)25-23/h5-10,15,17,25,27H,1-4,11-14H2. The molecule has 2 aromatic carbocycles. The third-order valence-electron chi connectivity index (χ3n) is 6.49. The summed E-state index contributed by atoms with van der Waals surface area (Å²) in [5.41, 5.74) is 6.00. The van der Waals surface area contributed by atoms with Crippen LogP contribution < -0.4 is 0 Å². The zero-order valence-electron chi connectivity index (χ0n) is 16.1. The predicted octanol–water partition coefficient (Wildman–Crippen LogP) is 4.77. The Hall–Kier alpha value is -2.75. The van der Waals surface area contributed by atoms with Crippen LogP contribution in [0.5, 0.6) is 5.75 Å². The average molecular weight is 374 g/mol. The number of aromatic hydroxyl groups is 1. The Morgan fingerprint density at radius 2 is 1.75 bits per heavy atom. The van der Waals surface area contributed by atoms with Crippen LogP contribution in [0.2, 0.25) is 0 Å². The summed E-state index contributed by atoms with van der Waals surface area (Å²) in [4.78, 5) is 18.6. The van der Waals surface area contributed by atoms with Crippen molar-refractivity contribution in [3.63, 3.8) is 0 Å². The largest absolute Gasteiger partial charge is 0.508 e. The highest BCUT2D eigenvalue weighted by atomic mass is 16.3. The molecule has 0 saturated carbocycles. The van der Waals surface area contributed by atoms with Crippen molar-refractivity contribution in [3.8, 4) is 5.75 Å². The fourth-order valence-electron chi connectivity index (χ4n) is 4.88. The van der Waals surface area contributed by atoms with Crippen molar-refractivity contribution in [2.75, 3.05) is 13.1 Å². The van der Waals surface area contributed by atoms with E-state index in [1.807, 2.05) is 23.1 Å². The van der Waals surface area contributed by atoms with Gasteiger partial charge in [-0.1, -0.05) is 12.1 Å². The van der Waals surface area contributed by atoms with E-state index in [4.69, 9.17) is 0 Å². The van der Waals surface area contributed by atoms with E-state index in [-0.39, 0.29) is 5.91 Å². The van der Waals surface area contributed by atoms with Crippen LogP contribution in [-0.2, 0) is 12.8 Å². The van der Waals surface area contributed by atoms with Crippen LogP contribution in [0.4, 0.5) is 0 Å². The number of benzene rings is 2. The van der Waals surface area contributed by atoms with Gasteiger partial charge in [0, 0.05) is 35.2 Å². The van der Waals surface area contributed by atoms with Gasteiger partial charge in [0.05, 0.1) is 0 Å². The number of nitrogens with one attached hydrogen (secondary N) is 1. The number of carbonyl (C=O) groups excluding carboxylic acids is 1. The number of H-pyrrole nitrogens is 1. The lowest BCUT2D eigenvalue weighted by Crippen LogP contribution is -2.37. The lowest BCUT2D eigenvalue weighted by molar-refractivity contribution is 0.0713. The summed E-state index contributed by atoms with van der Waals surface area (Å²) in [6.07, 6.45) is 6.67. The van der Waals surface area contributed by atoms with Crippen molar-refractivity contribution in [1.82, 2.24) is 9.88 Å². The minimum absolute atomic E-state index is 0.150. The van der Waals surface area contributed by atoms with Gasteiger partial charge in [-0.3, -0.25) is 4.79 Å². The van der Waals surface area contributed by atoms with Crippen LogP contribution in [0.3, 0.4) is 0 Å². The van der Waals surface area contributed by atoms with Crippen molar-refractivity contribution in [2.45, 2.75) is 44.4 Å². The molecule has 3 aromatic rings. The van der Waals surface area contributed by atoms with Crippen molar-refractivity contribution in [1.29, 1.82) is 0 Å². The Morgan fingerprint density at radius 1 is 1.00 bits per heavy atom. The monoisotopic (exact) mass is 374 g/mol. The number of carbonyl (C=O) groups is 1. The Kier molecular flexibility index (Phi) is 4.34. The molecule has 4 heteroatoms. The number of phenols is 1. The molecule has 0 spiro atoms. The zero-order chi connectivity index (χ0) is 19.1. The van der Waals surface area contributed by atoms with E-state index in [2.05, 4.69) is 17.1 Å². The summed E-state index contributed by atoms with van der Waals surface area (Å²) in [5.74, 6) is 0.916. The predicted molar refractivity (Wildman–Crippen MR) is 111 cm³/mol. The van der Waals surface area contributed by atoms with Crippen molar-refractivity contribution in [2.24, 2.45) is 0 Å². The fourth-order valence-corrected chi connectivity index (χ4v) is 4.88. The van der Waals surface area contributed by atoms with Gasteiger partial charge >= 0.3 is 0 Å². The van der Waals surface area contributed by atoms with Crippen LogP contribution >= 0.6 is 0 Å². The number of fused-ring (bicyclic) bond motifs is 3. The molecular weight excluding hydrogens is 348 g/mol. The third-order valence-corrected chi connectivity index (χ3v) is 6.49. The first-order chi connectivity index (χ1) is 13.7. The van der Waals surface area contributed by atoms with Crippen LogP contribution in [-0.4, -0.2) is 34.0 Å². The maximum atomic E-state index is 13.1. The molecule has 0 bridgehead atoms. The molecule has 0 unspecified atom stereocenters. The number of likely N-dealkylation sites (tertiary alicyclic amines) is 1. The van der Waals surface area contributed by atoms with Gasteiger partial charge in [-0.05, 0) is 85.9 Å². The zero-order valence-corrected chi connectivity index (χ0v) is 16.1. The molecule has 1 aliphatic carbocycles. The molecule has 1 aromatic heterocycles. The van der Waals surface area contributed by atoms with E-state index in [9.17, 15) is 9.90 Å². The summed E-state index contributed by atoms with van der Waals surface area (Å²) < 4.78 is 0. The quantitative estimate of drug-likeness (QED) is 0.679. The first-order valence-corrected chi connectivity index (χ1v) is 10.4. The number of rotatable bonds is 2. The topological polar surface area (TPSA) is 56.3 Å². The summed E-state index contributed by atoms with van der Waals surface area (Å²) in [6.45, 7) is 1.57. The molecule has 1 fully saturated rings. The van der Waals surface area contributed by atoms with Crippen molar-refractivity contribution >= 4 is 16.8 Å². The highest BCUT2D eigenvalue weighted by molar-refractivity contribution is 5.99. The molecule has 1 saturated heterocycles. The Balaban J connectivity index is 1.32. The lowest BCUT2D eigenvalue weighted by atomic mass is 9.89. The van der Waals surface area contributed by atoms with E-state index in [0.717, 1.165) is 49.9 Å². The van der Waals surface area contributed by atoms with Crippen molar-refractivity contribution in [3.05, 3.63) is 64.8 Å². The van der Waals surface area contributed by atoms with E-state index in [1.54, 1.807) is 12.1 Å². The van der Waals surface area contributed by atoms with Gasteiger partial charge in [-0.2, -0.15) is 0 Å². The maximum absolute atomic E-state index is 13.1. The number of aryl methyl sites for hydroxylation is 2. The maximum Gasteiger partial charge on any atom is 0.253 e. The lowest BCUT2D eigenvalue weighted by Gasteiger charge is -2.32. The van der Waals surface area contributed by atoms with E-state index >= 15 is 0 Å². The molecule has 4 nitrogen and oxygen atoms in total. The van der Waals surface area contributed by atoms with E-state index in [1.165, 1.54) is 35.0 Å². The molecule has 28 heavy (non-hydrogen) atoms. The summed E-state index contributed by atoms with van der Waals surface area (Å²) in [6, 6.07) is 13.6. The van der Waals surface area contributed by atoms with Crippen LogP contribution in [0.1, 0.15) is 58.8 Å². The summed E-state index contributed by atoms with van der Waals surface area (Å²) in [7, 11) is 0. The molecule has 2 N–H and O–H groups in total. The highest BCUT2D eigenvalue weighted by Gasteiger charge is 2.25. The van der Waals surface area contributed by atoms with Crippen LogP contribution in [0.15, 0.2) is 42.5 Å². The second-order valence-electron chi connectivity index (χ2n) is 8.21. The average Bonchev–Trinajstić information content (AvgIpc) is 3.12. The van der Waals surface area contributed by atoms with Gasteiger partial charge in [0.15, 0.2) is 0 Å². The second kappa shape index (κ2) is 7.01. The minimum atomic E-state index is 0.150. The van der Waals surface area contributed by atoms with Gasteiger partial charge in [-0.15, -0.1) is 0 Å². The van der Waals surface area contributed by atoms with Gasteiger partial charge in [0.25, 0.3) is 5.91 Å². The number of nitrogens with zero attached hydrogens (tertiary/aromatic N) is 1. The molecule has 1 amide bonds. The second-order valence-corrected chi connectivity index (χ2v) is 8.21. The van der Waals surface area contributed by atoms with E-state index in [0.29, 0.717) is 11.7 Å². The normalized spacial score (nSPS) is 17.6. The van der Waals surface area contributed by atoms with Gasteiger partial charge in [0.1, 0.15) is 5.75 Å². The van der Waals surface area contributed by atoms with Gasteiger partial charge < -0.3 is 15.0 Å².